The molecule has 0 aliphatic rings. The van der Waals surface area contributed by atoms with Crippen LogP contribution in [0.4, 0.5) is 4.79 Å². The molecule has 1 rings (SSSR count). The number of benzene rings is 1. The van der Waals surface area contributed by atoms with Crippen LogP contribution in [-0.4, -0.2) is 17.1 Å². The lowest BCUT2D eigenvalue weighted by Gasteiger charge is -2.12. The zero-order valence-corrected chi connectivity index (χ0v) is 8.70. The first-order valence-electron chi connectivity index (χ1n) is 4.44. The number of carbonyl (C=O) groups is 1. The normalized spacial score (nSPS) is 9.57. The number of rotatable bonds is 3. The fourth-order valence-electron chi connectivity index (χ4n) is 0.926. The van der Waals surface area contributed by atoms with E-state index in [2.05, 4.69) is 0 Å². The lowest BCUT2D eigenvalue weighted by Crippen LogP contribution is -2.25. The SMILES string of the molecule is CCCN(Cl)C(=O)Oc1ccccc1. The van der Waals surface area contributed by atoms with Crippen LogP contribution in [0, 0.1) is 0 Å². The van der Waals surface area contributed by atoms with E-state index in [1.165, 1.54) is 0 Å². The van der Waals surface area contributed by atoms with Gasteiger partial charge in [-0.15, -0.1) is 0 Å². The molecular weight excluding hydrogens is 202 g/mol. The summed E-state index contributed by atoms with van der Waals surface area (Å²) in [4.78, 5) is 11.3. The maximum Gasteiger partial charge on any atom is 0.429 e. The Bertz CT molecular complexity index is 289. The van der Waals surface area contributed by atoms with Crippen LogP contribution in [-0.2, 0) is 0 Å². The smallest absolute Gasteiger partial charge is 0.409 e. The maximum absolute atomic E-state index is 11.3. The van der Waals surface area contributed by atoms with Crippen LogP contribution in [0.5, 0.6) is 5.75 Å². The van der Waals surface area contributed by atoms with Crippen molar-refractivity contribution in [1.82, 2.24) is 4.42 Å². The first-order chi connectivity index (χ1) is 6.74. The molecule has 0 atom stereocenters. The van der Waals surface area contributed by atoms with E-state index in [-0.39, 0.29) is 0 Å². The first kappa shape index (κ1) is 10.9. The minimum Gasteiger partial charge on any atom is -0.409 e. The summed E-state index contributed by atoms with van der Waals surface area (Å²) in [6.07, 6.45) is 0.257. The van der Waals surface area contributed by atoms with Gasteiger partial charge >= 0.3 is 6.09 Å². The Balaban J connectivity index is 2.49. The number of ether oxygens (including phenoxy) is 1. The highest BCUT2D eigenvalue weighted by Gasteiger charge is 2.11. The number of hydrogen-bond acceptors (Lipinski definition) is 2. The van der Waals surface area contributed by atoms with Gasteiger partial charge in [-0.05, 0) is 18.6 Å². The van der Waals surface area contributed by atoms with Crippen molar-refractivity contribution in [1.29, 1.82) is 0 Å². The molecular formula is C10H12ClNO2. The summed E-state index contributed by atoms with van der Waals surface area (Å²) in [5.41, 5.74) is 0. The van der Waals surface area contributed by atoms with E-state index >= 15 is 0 Å². The minimum atomic E-state index is -0.542. The van der Waals surface area contributed by atoms with Gasteiger partial charge in [0.2, 0.25) is 0 Å². The third-order valence-corrected chi connectivity index (χ3v) is 1.87. The molecule has 0 fully saturated rings. The van der Waals surface area contributed by atoms with E-state index in [9.17, 15) is 4.79 Å². The second-order valence-electron chi connectivity index (χ2n) is 2.77. The molecule has 0 heterocycles. The van der Waals surface area contributed by atoms with E-state index in [4.69, 9.17) is 16.5 Å². The Kier molecular flexibility index (Phi) is 4.26. The molecule has 1 aromatic rings. The molecule has 0 saturated carbocycles. The summed E-state index contributed by atoms with van der Waals surface area (Å²) in [5, 5.41) is 0. The van der Waals surface area contributed by atoms with Crippen LogP contribution in [0.3, 0.4) is 0 Å². The van der Waals surface area contributed by atoms with Crippen LogP contribution in [0.25, 0.3) is 0 Å². The summed E-state index contributed by atoms with van der Waals surface area (Å²) >= 11 is 5.64. The van der Waals surface area contributed by atoms with Gasteiger partial charge in [0, 0.05) is 18.3 Å². The average Bonchev–Trinajstić information content (AvgIpc) is 2.19. The zero-order valence-electron chi connectivity index (χ0n) is 7.94. The summed E-state index contributed by atoms with van der Waals surface area (Å²) < 4.78 is 6.02. The van der Waals surface area contributed by atoms with Gasteiger partial charge in [0.25, 0.3) is 0 Å². The molecule has 0 aliphatic carbocycles. The lowest BCUT2D eigenvalue weighted by molar-refractivity contribution is 0.180. The Labute approximate surface area is 88.3 Å². The number of hydrogen-bond donors (Lipinski definition) is 0. The van der Waals surface area contributed by atoms with Gasteiger partial charge in [0.15, 0.2) is 0 Å². The third-order valence-electron chi connectivity index (χ3n) is 1.57. The molecule has 0 aromatic heterocycles. The quantitative estimate of drug-likeness (QED) is 0.723. The number of nitrogens with zero attached hydrogens (tertiary/aromatic N) is 1. The zero-order chi connectivity index (χ0) is 10.4. The van der Waals surface area contributed by atoms with Crippen molar-refractivity contribution < 1.29 is 9.53 Å². The summed E-state index contributed by atoms with van der Waals surface area (Å²) in [6, 6.07) is 8.84. The highest BCUT2D eigenvalue weighted by molar-refractivity contribution is 6.20. The van der Waals surface area contributed by atoms with E-state index in [0.717, 1.165) is 10.8 Å². The fraction of sp³-hybridized carbons (Fsp3) is 0.300. The van der Waals surface area contributed by atoms with Crippen LogP contribution >= 0.6 is 11.8 Å². The van der Waals surface area contributed by atoms with Crippen molar-refractivity contribution >= 4 is 17.9 Å². The summed E-state index contributed by atoms with van der Waals surface area (Å²) in [6.45, 7) is 2.42. The number of halogens is 1. The van der Waals surface area contributed by atoms with Gasteiger partial charge in [-0.3, -0.25) is 0 Å². The molecule has 0 saturated heterocycles. The molecule has 0 unspecified atom stereocenters. The maximum atomic E-state index is 11.3. The first-order valence-corrected chi connectivity index (χ1v) is 4.78. The molecule has 0 bridgehead atoms. The monoisotopic (exact) mass is 213 g/mol. The molecule has 0 N–H and O–H groups in total. The van der Waals surface area contributed by atoms with Gasteiger partial charge in [0.1, 0.15) is 5.75 Å². The third kappa shape index (κ3) is 3.26. The standard InChI is InChI=1S/C10H12ClNO2/c1-2-8-12(11)10(13)14-9-6-4-3-5-7-9/h3-7H,2,8H2,1H3. The lowest BCUT2D eigenvalue weighted by atomic mass is 10.3. The van der Waals surface area contributed by atoms with E-state index in [1.54, 1.807) is 24.3 Å². The molecule has 0 radical (unpaired) electrons. The molecule has 1 amide bonds. The highest BCUT2D eigenvalue weighted by atomic mass is 35.5. The van der Waals surface area contributed by atoms with Crippen LogP contribution in [0.1, 0.15) is 13.3 Å². The van der Waals surface area contributed by atoms with E-state index in [0.29, 0.717) is 12.3 Å². The van der Waals surface area contributed by atoms with Crippen molar-refractivity contribution in [3.05, 3.63) is 30.3 Å². The number of carbonyl (C=O) groups excluding carboxylic acids is 1. The number of amides is 1. The average molecular weight is 214 g/mol. The molecule has 0 aliphatic heterocycles. The van der Waals surface area contributed by atoms with Crippen molar-refractivity contribution in [3.63, 3.8) is 0 Å². The Morgan fingerprint density at radius 3 is 2.64 bits per heavy atom. The summed E-state index contributed by atoms with van der Waals surface area (Å²) in [5.74, 6) is 0.499. The Hall–Kier alpha value is -1.22. The highest BCUT2D eigenvalue weighted by Crippen LogP contribution is 2.11. The van der Waals surface area contributed by atoms with Crippen molar-refractivity contribution in [2.45, 2.75) is 13.3 Å². The van der Waals surface area contributed by atoms with E-state index < -0.39 is 6.09 Å². The second-order valence-corrected chi connectivity index (χ2v) is 3.17. The number of para-hydroxylation sites is 1. The predicted molar refractivity (Wildman–Crippen MR) is 55.3 cm³/mol. The molecule has 3 nitrogen and oxygen atoms in total. The van der Waals surface area contributed by atoms with Gasteiger partial charge in [-0.2, -0.15) is 0 Å². The van der Waals surface area contributed by atoms with E-state index in [1.807, 2.05) is 13.0 Å². The topological polar surface area (TPSA) is 29.5 Å². The molecule has 4 heteroatoms. The Morgan fingerprint density at radius 2 is 2.07 bits per heavy atom. The van der Waals surface area contributed by atoms with Crippen LogP contribution < -0.4 is 4.74 Å². The minimum absolute atomic E-state index is 0.479. The van der Waals surface area contributed by atoms with Gasteiger partial charge < -0.3 is 4.74 Å². The second kappa shape index (κ2) is 5.50. The van der Waals surface area contributed by atoms with Crippen molar-refractivity contribution in [2.75, 3.05) is 6.54 Å². The van der Waals surface area contributed by atoms with Crippen molar-refractivity contribution in [3.8, 4) is 5.75 Å². The Morgan fingerprint density at radius 1 is 1.43 bits per heavy atom. The van der Waals surface area contributed by atoms with Gasteiger partial charge in [-0.25, -0.2) is 9.21 Å². The van der Waals surface area contributed by atoms with Gasteiger partial charge in [-0.1, -0.05) is 25.1 Å². The van der Waals surface area contributed by atoms with Crippen LogP contribution in [0.2, 0.25) is 0 Å². The predicted octanol–water partition coefficient (Wildman–Crippen LogP) is 3.05. The molecule has 1 aromatic carbocycles. The fourth-order valence-corrected chi connectivity index (χ4v) is 1.13. The van der Waals surface area contributed by atoms with Crippen molar-refractivity contribution in [2.24, 2.45) is 0 Å². The van der Waals surface area contributed by atoms with Crippen LogP contribution in [0.15, 0.2) is 30.3 Å². The molecule has 76 valence electrons. The summed E-state index contributed by atoms with van der Waals surface area (Å²) in [7, 11) is 0. The van der Waals surface area contributed by atoms with Gasteiger partial charge in [0.05, 0.1) is 0 Å². The largest absolute Gasteiger partial charge is 0.429 e. The molecule has 0 spiro atoms. The molecule has 14 heavy (non-hydrogen) atoms.